The van der Waals surface area contributed by atoms with Crippen LogP contribution in [0.15, 0.2) is 36.5 Å². The summed E-state index contributed by atoms with van der Waals surface area (Å²) in [7, 11) is 1.98. The fraction of sp³-hybridized carbons (Fsp3) is 0.375. The highest BCUT2D eigenvalue weighted by Gasteiger charge is 2.22. The standard InChI is InChI=1S/C16H20N4O/c1-19(10-13-5-3-2-4-6-13)12-16(21)20-8-7-15-14(11-20)9-17-18-15/h2-6,9H,7-8,10-12H2,1H3,(H,17,18). The van der Waals surface area contributed by atoms with Crippen LogP contribution in [0.4, 0.5) is 0 Å². The molecule has 0 aliphatic carbocycles. The van der Waals surface area contributed by atoms with E-state index in [4.69, 9.17) is 0 Å². The molecule has 21 heavy (non-hydrogen) atoms. The molecule has 1 amide bonds. The molecule has 1 aliphatic rings. The summed E-state index contributed by atoms with van der Waals surface area (Å²) in [6, 6.07) is 10.2. The fourth-order valence-electron chi connectivity index (χ4n) is 2.72. The Balaban J connectivity index is 1.54. The number of hydrogen-bond acceptors (Lipinski definition) is 3. The maximum Gasteiger partial charge on any atom is 0.237 e. The number of benzene rings is 1. The van der Waals surface area contributed by atoms with Crippen molar-refractivity contribution in [3.8, 4) is 0 Å². The molecule has 0 fully saturated rings. The predicted octanol–water partition coefficient (Wildman–Crippen LogP) is 1.43. The highest BCUT2D eigenvalue weighted by atomic mass is 16.2. The van der Waals surface area contributed by atoms with Crippen molar-refractivity contribution in [1.82, 2.24) is 20.0 Å². The molecule has 1 aliphatic heterocycles. The molecule has 2 aromatic rings. The molecule has 3 rings (SSSR count). The number of nitrogens with zero attached hydrogens (tertiary/aromatic N) is 3. The van der Waals surface area contributed by atoms with Crippen LogP contribution >= 0.6 is 0 Å². The fourth-order valence-corrected chi connectivity index (χ4v) is 2.72. The molecule has 0 radical (unpaired) electrons. The lowest BCUT2D eigenvalue weighted by Gasteiger charge is -2.28. The second-order valence-corrected chi connectivity index (χ2v) is 5.60. The molecule has 1 N–H and O–H groups in total. The summed E-state index contributed by atoms with van der Waals surface area (Å²) in [6.45, 7) is 2.68. The zero-order chi connectivity index (χ0) is 14.7. The molecule has 1 aromatic carbocycles. The number of nitrogens with one attached hydrogen (secondary N) is 1. The first-order valence-electron chi connectivity index (χ1n) is 7.24. The molecule has 0 unspecified atom stereocenters. The van der Waals surface area contributed by atoms with Gasteiger partial charge in [0.2, 0.25) is 5.91 Å². The Kier molecular flexibility index (Phi) is 4.01. The van der Waals surface area contributed by atoms with E-state index in [0.717, 1.165) is 30.8 Å². The van der Waals surface area contributed by atoms with Crippen molar-refractivity contribution in [2.24, 2.45) is 0 Å². The van der Waals surface area contributed by atoms with Crippen molar-refractivity contribution in [1.29, 1.82) is 0 Å². The van der Waals surface area contributed by atoms with Crippen molar-refractivity contribution >= 4 is 5.91 Å². The third-order valence-corrected chi connectivity index (χ3v) is 3.85. The maximum absolute atomic E-state index is 12.4. The zero-order valence-corrected chi connectivity index (χ0v) is 12.2. The van der Waals surface area contributed by atoms with Gasteiger partial charge in [0, 0.05) is 37.3 Å². The van der Waals surface area contributed by atoms with E-state index in [9.17, 15) is 4.79 Å². The van der Waals surface area contributed by atoms with Crippen molar-refractivity contribution in [2.75, 3.05) is 20.1 Å². The van der Waals surface area contributed by atoms with Gasteiger partial charge in [0.15, 0.2) is 0 Å². The Labute approximate surface area is 124 Å². The minimum atomic E-state index is 0.181. The summed E-state index contributed by atoms with van der Waals surface area (Å²) in [6.07, 6.45) is 2.69. The minimum Gasteiger partial charge on any atom is -0.337 e. The van der Waals surface area contributed by atoms with E-state index in [2.05, 4.69) is 27.2 Å². The smallest absolute Gasteiger partial charge is 0.237 e. The van der Waals surface area contributed by atoms with E-state index in [1.807, 2.05) is 36.3 Å². The first-order valence-corrected chi connectivity index (χ1v) is 7.24. The van der Waals surface area contributed by atoms with Crippen LogP contribution in [0.2, 0.25) is 0 Å². The second kappa shape index (κ2) is 6.10. The van der Waals surface area contributed by atoms with Gasteiger partial charge in [0.1, 0.15) is 0 Å². The van der Waals surface area contributed by atoms with E-state index in [1.165, 1.54) is 5.56 Å². The van der Waals surface area contributed by atoms with Crippen LogP contribution in [0.5, 0.6) is 0 Å². The molecule has 1 aromatic heterocycles. The van der Waals surface area contributed by atoms with Crippen LogP contribution in [-0.4, -0.2) is 46.0 Å². The maximum atomic E-state index is 12.4. The van der Waals surface area contributed by atoms with Crippen molar-refractivity contribution in [2.45, 2.75) is 19.5 Å². The van der Waals surface area contributed by atoms with E-state index >= 15 is 0 Å². The van der Waals surface area contributed by atoms with Crippen LogP contribution in [0.1, 0.15) is 16.8 Å². The molecule has 2 heterocycles. The normalized spacial score (nSPS) is 14.3. The molecule has 0 bridgehead atoms. The Morgan fingerprint density at radius 1 is 1.38 bits per heavy atom. The van der Waals surface area contributed by atoms with Crippen LogP contribution in [0.25, 0.3) is 0 Å². The largest absolute Gasteiger partial charge is 0.337 e. The Morgan fingerprint density at radius 2 is 2.19 bits per heavy atom. The first-order chi connectivity index (χ1) is 10.2. The van der Waals surface area contributed by atoms with Crippen molar-refractivity contribution < 1.29 is 4.79 Å². The molecule has 5 nitrogen and oxygen atoms in total. The second-order valence-electron chi connectivity index (χ2n) is 5.60. The number of rotatable bonds is 4. The van der Waals surface area contributed by atoms with E-state index in [1.54, 1.807) is 0 Å². The van der Waals surface area contributed by atoms with Gasteiger partial charge in [-0.15, -0.1) is 0 Å². The number of aromatic nitrogens is 2. The lowest BCUT2D eigenvalue weighted by atomic mass is 10.1. The molecule has 0 spiro atoms. The first kappa shape index (κ1) is 13.8. The van der Waals surface area contributed by atoms with E-state index in [-0.39, 0.29) is 5.91 Å². The monoisotopic (exact) mass is 284 g/mol. The van der Waals surface area contributed by atoms with Crippen molar-refractivity contribution in [3.63, 3.8) is 0 Å². The van der Waals surface area contributed by atoms with Crippen LogP contribution in [0, 0.1) is 0 Å². The zero-order valence-electron chi connectivity index (χ0n) is 12.2. The lowest BCUT2D eigenvalue weighted by Crippen LogP contribution is -2.41. The Morgan fingerprint density at radius 3 is 3.00 bits per heavy atom. The third kappa shape index (κ3) is 3.31. The molecule has 0 saturated carbocycles. The number of amides is 1. The van der Waals surface area contributed by atoms with Crippen LogP contribution < -0.4 is 0 Å². The van der Waals surface area contributed by atoms with Gasteiger partial charge in [-0.3, -0.25) is 14.8 Å². The number of hydrogen-bond donors (Lipinski definition) is 1. The quantitative estimate of drug-likeness (QED) is 0.924. The Hall–Kier alpha value is -2.14. The van der Waals surface area contributed by atoms with Gasteiger partial charge in [-0.2, -0.15) is 5.10 Å². The number of carbonyl (C=O) groups excluding carboxylic acids is 1. The molecule has 0 atom stereocenters. The van der Waals surface area contributed by atoms with Gasteiger partial charge in [-0.25, -0.2) is 0 Å². The van der Waals surface area contributed by atoms with E-state index in [0.29, 0.717) is 13.1 Å². The number of carbonyl (C=O) groups is 1. The van der Waals surface area contributed by atoms with Gasteiger partial charge >= 0.3 is 0 Å². The van der Waals surface area contributed by atoms with Gasteiger partial charge in [0.25, 0.3) is 0 Å². The average molecular weight is 284 g/mol. The highest BCUT2D eigenvalue weighted by molar-refractivity contribution is 5.78. The average Bonchev–Trinajstić information content (AvgIpc) is 2.95. The number of aromatic amines is 1. The summed E-state index contributed by atoms with van der Waals surface area (Å²) in [5.74, 6) is 0.181. The van der Waals surface area contributed by atoms with Gasteiger partial charge in [0.05, 0.1) is 12.7 Å². The molecule has 110 valence electrons. The SMILES string of the molecule is CN(CC(=O)N1CCc2[nH]ncc2C1)Cc1ccccc1. The summed E-state index contributed by atoms with van der Waals surface area (Å²) >= 11 is 0. The lowest BCUT2D eigenvalue weighted by molar-refractivity contribution is -0.133. The van der Waals surface area contributed by atoms with Crippen molar-refractivity contribution in [3.05, 3.63) is 53.3 Å². The third-order valence-electron chi connectivity index (χ3n) is 3.85. The van der Waals surface area contributed by atoms with Gasteiger partial charge in [-0.1, -0.05) is 30.3 Å². The number of H-pyrrole nitrogens is 1. The molecule has 0 saturated heterocycles. The summed E-state index contributed by atoms with van der Waals surface area (Å²) < 4.78 is 0. The highest BCUT2D eigenvalue weighted by Crippen LogP contribution is 2.16. The van der Waals surface area contributed by atoms with Crippen LogP contribution in [-0.2, 0) is 24.3 Å². The van der Waals surface area contributed by atoms with E-state index < -0.39 is 0 Å². The summed E-state index contributed by atoms with van der Waals surface area (Å²) in [5, 5.41) is 7.03. The number of likely N-dealkylation sites (N-methyl/N-ethyl adjacent to an activating group) is 1. The summed E-state index contributed by atoms with van der Waals surface area (Å²) in [4.78, 5) is 16.4. The predicted molar refractivity (Wildman–Crippen MR) is 80.5 cm³/mol. The molecule has 5 heteroatoms. The number of fused-ring (bicyclic) bond motifs is 1. The van der Waals surface area contributed by atoms with Gasteiger partial charge in [-0.05, 0) is 12.6 Å². The topological polar surface area (TPSA) is 52.2 Å². The molecular formula is C16H20N4O. The minimum absolute atomic E-state index is 0.181. The molecular weight excluding hydrogens is 264 g/mol. The van der Waals surface area contributed by atoms with Gasteiger partial charge < -0.3 is 4.90 Å². The summed E-state index contributed by atoms with van der Waals surface area (Å²) in [5.41, 5.74) is 3.53. The van der Waals surface area contributed by atoms with Crippen LogP contribution in [0.3, 0.4) is 0 Å². The Bertz CT molecular complexity index is 608.